The van der Waals surface area contributed by atoms with Gasteiger partial charge in [0.05, 0.1) is 20.8 Å². The van der Waals surface area contributed by atoms with Crippen LogP contribution in [0.3, 0.4) is 0 Å². The number of carbonyl (C=O) groups excluding carboxylic acids is 1. The zero-order valence-electron chi connectivity index (χ0n) is 11.9. The molecule has 0 saturated heterocycles. The van der Waals surface area contributed by atoms with Gasteiger partial charge in [-0.25, -0.2) is 4.98 Å². The summed E-state index contributed by atoms with van der Waals surface area (Å²) in [5, 5.41) is 3.37. The summed E-state index contributed by atoms with van der Waals surface area (Å²) in [5.74, 6) is -0.461. The second-order valence-electron chi connectivity index (χ2n) is 4.95. The third-order valence-electron chi connectivity index (χ3n) is 3.21. The van der Waals surface area contributed by atoms with E-state index in [0.29, 0.717) is 5.56 Å². The minimum atomic E-state index is -4.44. The fourth-order valence-corrected chi connectivity index (χ4v) is 3.02. The molecule has 0 aliphatic heterocycles. The number of aryl methyl sites for hydroxylation is 1. The molecule has 0 aliphatic rings. The van der Waals surface area contributed by atoms with E-state index in [4.69, 9.17) is 0 Å². The minimum absolute atomic E-state index is 0.102. The molecule has 0 saturated carbocycles. The smallest absolute Gasteiger partial charge is 0.322 e. The number of rotatable bonds is 2. The Hall–Kier alpha value is -2.41. The number of hydrogen-bond donors (Lipinski definition) is 1. The Labute approximate surface area is 133 Å². The highest BCUT2D eigenvalue weighted by Gasteiger charge is 2.30. The van der Waals surface area contributed by atoms with E-state index >= 15 is 0 Å². The molecule has 3 nitrogen and oxygen atoms in total. The van der Waals surface area contributed by atoms with Crippen LogP contribution in [0.4, 0.5) is 18.9 Å². The summed E-state index contributed by atoms with van der Waals surface area (Å²) in [6.45, 7) is 1.87. The van der Waals surface area contributed by atoms with E-state index in [2.05, 4.69) is 10.3 Å². The molecule has 1 heterocycles. The van der Waals surface area contributed by atoms with Gasteiger partial charge < -0.3 is 5.32 Å². The third kappa shape index (κ3) is 3.34. The molecule has 3 rings (SSSR count). The van der Waals surface area contributed by atoms with Gasteiger partial charge in [0.2, 0.25) is 0 Å². The molecular weight excluding hydrogens is 325 g/mol. The highest BCUT2D eigenvalue weighted by Crippen LogP contribution is 2.31. The summed E-state index contributed by atoms with van der Waals surface area (Å²) in [5.41, 5.74) is 0.468. The molecule has 23 heavy (non-hydrogen) atoms. The molecule has 7 heteroatoms. The molecule has 0 fully saturated rings. The highest BCUT2D eigenvalue weighted by atomic mass is 32.1. The van der Waals surface area contributed by atoms with Crippen molar-refractivity contribution in [2.75, 3.05) is 5.32 Å². The summed E-state index contributed by atoms with van der Waals surface area (Å²) in [4.78, 5) is 16.5. The van der Waals surface area contributed by atoms with Crippen LogP contribution >= 0.6 is 11.3 Å². The SMILES string of the molecule is Cc1nc2ccc(C(=O)Nc3cccc(C(F)(F)F)c3)cc2s1. The number of hydrogen-bond acceptors (Lipinski definition) is 3. The van der Waals surface area contributed by atoms with Gasteiger partial charge in [0.15, 0.2) is 0 Å². The lowest BCUT2D eigenvalue weighted by Gasteiger charge is -2.10. The zero-order valence-corrected chi connectivity index (χ0v) is 12.8. The van der Waals surface area contributed by atoms with Gasteiger partial charge in [0.25, 0.3) is 5.91 Å². The van der Waals surface area contributed by atoms with Gasteiger partial charge >= 0.3 is 6.18 Å². The number of fused-ring (bicyclic) bond motifs is 1. The second kappa shape index (κ2) is 5.66. The maximum absolute atomic E-state index is 12.7. The predicted molar refractivity (Wildman–Crippen MR) is 83.8 cm³/mol. The average Bonchev–Trinajstić information content (AvgIpc) is 2.85. The van der Waals surface area contributed by atoms with Crippen LogP contribution in [-0.2, 0) is 6.18 Å². The number of thiazole rings is 1. The van der Waals surface area contributed by atoms with Crippen molar-refractivity contribution in [3.8, 4) is 0 Å². The Kier molecular flexibility index (Phi) is 3.81. The molecule has 1 amide bonds. The van der Waals surface area contributed by atoms with E-state index in [1.165, 1.54) is 23.5 Å². The van der Waals surface area contributed by atoms with Gasteiger partial charge in [-0.1, -0.05) is 6.07 Å². The number of amides is 1. The maximum atomic E-state index is 12.7. The summed E-state index contributed by atoms with van der Waals surface area (Å²) >= 11 is 1.46. The number of anilines is 1. The van der Waals surface area contributed by atoms with Crippen molar-refractivity contribution in [2.45, 2.75) is 13.1 Å². The molecule has 0 aliphatic carbocycles. The molecule has 0 atom stereocenters. The molecule has 0 bridgehead atoms. The largest absolute Gasteiger partial charge is 0.416 e. The molecule has 1 aromatic heterocycles. The lowest BCUT2D eigenvalue weighted by Crippen LogP contribution is -2.13. The third-order valence-corrected chi connectivity index (χ3v) is 4.14. The van der Waals surface area contributed by atoms with Gasteiger partial charge in [-0.2, -0.15) is 13.2 Å². The fourth-order valence-electron chi connectivity index (χ4n) is 2.16. The number of benzene rings is 2. The summed E-state index contributed by atoms with van der Waals surface area (Å²) in [7, 11) is 0. The van der Waals surface area contributed by atoms with Crippen LogP contribution < -0.4 is 5.32 Å². The van der Waals surface area contributed by atoms with Crippen LogP contribution in [0.15, 0.2) is 42.5 Å². The Morgan fingerprint density at radius 2 is 1.96 bits per heavy atom. The van der Waals surface area contributed by atoms with Gasteiger partial charge in [0.1, 0.15) is 0 Å². The van der Waals surface area contributed by atoms with Crippen molar-refractivity contribution in [1.82, 2.24) is 4.98 Å². The first-order chi connectivity index (χ1) is 10.8. The first-order valence-corrected chi connectivity index (χ1v) is 7.50. The van der Waals surface area contributed by atoms with Crippen LogP contribution in [0.5, 0.6) is 0 Å². The Morgan fingerprint density at radius 3 is 2.70 bits per heavy atom. The average molecular weight is 336 g/mol. The van der Waals surface area contributed by atoms with Crippen molar-refractivity contribution in [2.24, 2.45) is 0 Å². The van der Waals surface area contributed by atoms with Gasteiger partial charge in [-0.05, 0) is 43.3 Å². The van der Waals surface area contributed by atoms with Crippen molar-refractivity contribution in [3.63, 3.8) is 0 Å². The molecule has 2 aromatic carbocycles. The highest BCUT2D eigenvalue weighted by molar-refractivity contribution is 7.18. The second-order valence-corrected chi connectivity index (χ2v) is 6.18. The molecule has 3 aromatic rings. The number of carbonyl (C=O) groups is 1. The lowest BCUT2D eigenvalue weighted by atomic mass is 10.1. The topological polar surface area (TPSA) is 42.0 Å². The maximum Gasteiger partial charge on any atom is 0.416 e. The molecule has 0 spiro atoms. The van der Waals surface area contributed by atoms with Gasteiger partial charge in [0, 0.05) is 11.3 Å². The standard InChI is InChI=1S/C16H11F3N2OS/c1-9-20-13-6-5-10(7-14(13)23-9)15(22)21-12-4-2-3-11(8-12)16(17,18)19/h2-8H,1H3,(H,21,22). The van der Waals surface area contributed by atoms with E-state index in [-0.39, 0.29) is 5.69 Å². The van der Waals surface area contributed by atoms with E-state index in [1.807, 2.05) is 6.92 Å². The van der Waals surface area contributed by atoms with Crippen LogP contribution in [-0.4, -0.2) is 10.9 Å². The zero-order chi connectivity index (χ0) is 16.6. The normalized spacial score (nSPS) is 11.7. The van der Waals surface area contributed by atoms with E-state index < -0.39 is 17.6 Å². The number of aromatic nitrogens is 1. The molecule has 0 unspecified atom stereocenters. The van der Waals surface area contributed by atoms with E-state index in [0.717, 1.165) is 27.4 Å². The van der Waals surface area contributed by atoms with Gasteiger partial charge in [-0.3, -0.25) is 4.79 Å². The minimum Gasteiger partial charge on any atom is -0.322 e. The predicted octanol–water partition coefficient (Wildman–Crippen LogP) is 4.88. The van der Waals surface area contributed by atoms with Crippen molar-refractivity contribution < 1.29 is 18.0 Å². The van der Waals surface area contributed by atoms with Crippen LogP contribution in [0.1, 0.15) is 20.9 Å². The summed E-state index contributed by atoms with van der Waals surface area (Å²) in [6.07, 6.45) is -4.44. The van der Waals surface area contributed by atoms with E-state index in [9.17, 15) is 18.0 Å². The molecule has 118 valence electrons. The van der Waals surface area contributed by atoms with Gasteiger partial charge in [-0.15, -0.1) is 11.3 Å². The number of nitrogens with zero attached hydrogens (tertiary/aromatic N) is 1. The Morgan fingerprint density at radius 1 is 1.17 bits per heavy atom. The number of alkyl halides is 3. The summed E-state index contributed by atoms with van der Waals surface area (Å²) < 4.78 is 38.9. The molecule has 1 N–H and O–H groups in total. The molecule has 0 radical (unpaired) electrons. The monoisotopic (exact) mass is 336 g/mol. The lowest BCUT2D eigenvalue weighted by molar-refractivity contribution is -0.137. The first-order valence-electron chi connectivity index (χ1n) is 6.69. The van der Waals surface area contributed by atoms with Crippen molar-refractivity contribution in [3.05, 3.63) is 58.6 Å². The van der Waals surface area contributed by atoms with Crippen molar-refractivity contribution >= 4 is 33.1 Å². The summed E-state index contributed by atoms with van der Waals surface area (Å²) in [6, 6.07) is 9.55. The first kappa shape index (κ1) is 15.5. The van der Waals surface area contributed by atoms with Crippen LogP contribution in [0.2, 0.25) is 0 Å². The van der Waals surface area contributed by atoms with E-state index in [1.54, 1.807) is 18.2 Å². The molecular formula is C16H11F3N2OS. The van der Waals surface area contributed by atoms with Crippen molar-refractivity contribution in [1.29, 1.82) is 0 Å². The quantitative estimate of drug-likeness (QED) is 0.725. The van der Waals surface area contributed by atoms with Crippen LogP contribution in [0.25, 0.3) is 10.2 Å². The number of halogens is 3. The van der Waals surface area contributed by atoms with Crippen LogP contribution in [0, 0.1) is 6.92 Å². The Balaban J connectivity index is 1.85. The Bertz CT molecular complexity index is 886. The number of nitrogens with one attached hydrogen (secondary N) is 1. The fraction of sp³-hybridized carbons (Fsp3) is 0.125.